The molecular weight excluding hydrogens is 1710 g/mol. The first-order valence-corrected chi connectivity index (χ1v) is 46.1. The van der Waals surface area contributed by atoms with Crippen molar-refractivity contribution in [3.63, 3.8) is 0 Å². The molecule has 3 aliphatic heterocycles. The van der Waals surface area contributed by atoms with Crippen molar-refractivity contribution in [1.29, 1.82) is 0 Å². The number of H-pyrrole nitrogens is 1. The molecule has 3 aliphatic rings. The average molecular weight is 1870 g/mol. The predicted octanol–water partition coefficient (Wildman–Crippen LogP) is -2.22. The maximum absolute atomic E-state index is 10.1. The predicted molar refractivity (Wildman–Crippen MR) is 451 cm³/mol. The molecule has 45 nitrogen and oxygen atoms in total. The Hall–Kier alpha value is -4.02. The molecule has 3 fully saturated rings. The zero-order chi connectivity index (χ0) is 92.1. The van der Waals surface area contributed by atoms with Gasteiger partial charge in [-0.2, -0.15) is 4.68 Å². The molecule has 0 spiro atoms. The largest absolute Gasteiger partial charge is 0.394 e. The number of nitrogens with zero attached hydrogens (tertiary/aromatic N) is 8. The van der Waals surface area contributed by atoms with E-state index in [1.807, 2.05) is 23.3 Å². The third-order valence-electron chi connectivity index (χ3n) is 21.1. The second kappa shape index (κ2) is 74.2. The summed E-state index contributed by atoms with van der Waals surface area (Å²) >= 11 is 0. The van der Waals surface area contributed by atoms with Gasteiger partial charge in [0.1, 0.15) is 97.8 Å². The summed E-state index contributed by atoms with van der Waals surface area (Å²) in [6.07, 6.45) is 0.616. The van der Waals surface area contributed by atoms with E-state index in [0.29, 0.717) is 277 Å². The number of aliphatic hydroxyl groups is 12. The molecule has 3 aromatic heterocycles. The Balaban J connectivity index is 0.720. The molecule has 0 amide bonds. The number of nitrogens with one attached hydrogen (secondary N) is 1. The van der Waals surface area contributed by atoms with Crippen LogP contribution >= 0.6 is 0 Å². The molecule has 752 valence electrons. The highest BCUT2D eigenvalue weighted by atomic mass is 16.7. The molecule has 16 atom stereocenters. The van der Waals surface area contributed by atoms with E-state index in [4.69, 9.17) is 114 Å². The number of ether oxygens (including phenoxy) is 24. The maximum atomic E-state index is 10.1. The van der Waals surface area contributed by atoms with Crippen molar-refractivity contribution >= 4 is 0 Å². The van der Waals surface area contributed by atoms with Crippen molar-refractivity contribution < 1.29 is 180 Å². The van der Waals surface area contributed by atoms with Crippen molar-refractivity contribution in [2.75, 3.05) is 258 Å². The summed E-state index contributed by atoms with van der Waals surface area (Å²) in [6.45, 7) is 18.3. The lowest BCUT2D eigenvalue weighted by atomic mass is 9.88. The first-order chi connectivity index (χ1) is 63.2. The minimum atomic E-state index is -1.45. The molecule has 3 aromatic rings. The van der Waals surface area contributed by atoms with Crippen LogP contribution in [0.4, 0.5) is 0 Å². The fourth-order valence-corrected chi connectivity index (χ4v) is 13.2. The Morgan fingerprint density at radius 3 is 0.868 bits per heavy atom. The Bertz CT molecular complexity index is 2740. The average Bonchev–Trinajstić information content (AvgIpc) is 1.44. The molecule has 13 N–H and O–H groups in total. The third kappa shape index (κ3) is 50.6. The fourth-order valence-electron chi connectivity index (χ4n) is 13.2. The molecule has 6 heterocycles. The highest BCUT2D eigenvalue weighted by Gasteiger charge is 2.46. The van der Waals surface area contributed by atoms with Crippen LogP contribution in [0.1, 0.15) is 127 Å². The number of aliphatic hydroxyl groups excluding tert-OH is 12. The van der Waals surface area contributed by atoms with Crippen molar-refractivity contribution in [1.82, 2.24) is 40.3 Å². The highest BCUT2D eigenvalue weighted by molar-refractivity contribution is 4.93. The van der Waals surface area contributed by atoms with Crippen molar-refractivity contribution in [2.24, 2.45) is 5.41 Å². The topological polar surface area (TPSA) is 558 Å². The van der Waals surface area contributed by atoms with Crippen LogP contribution in [-0.2, 0) is 153 Å². The Morgan fingerprint density at radius 2 is 0.574 bits per heavy atom. The number of unbranched alkanes of at least 4 members (excludes halogenated alkanes) is 12. The molecule has 6 rings (SSSR count). The highest BCUT2D eigenvalue weighted by Crippen LogP contribution is 2.27. The molecule has 129 heavy (non-hydrogen) atoms. The second-order valence-corrected chi connectivity index (χ2v) is 31.5. The molecule has 0 radical (unpaired) electrons. The minimum absolute atomic E-state index is 0.312. The van der Waals surface area contributed by atoms with Gasteiger partial charge < -0.3 is 175 Å². The first kappa shape index (κ1) is 114. The van der Waals surface area contributed by atoms with E-state index in [-0.39, 0.29) is 0 Å². The number of hydrogen-bond acceptors (Lipinski definition) is 41. The summed E-state index contributed by atoms with van der Waals surface area (Å²) in [4.78, 5) is 0. The zero-order valence-electron chi connectivity index (χ0n) is 75.8. The zero-order valence-corrected chi connectivity index (χ0v) is 75.8. The summed E-state index contributed by atoms with van der Waals surface area (Å²) in [5.74, 6) is 0. The van der Waals surface area contributed by atoms with Crippen molar-refractivity contribution in [2.45, 2.75) is 241 Å². The monoisotopic (exact) mass is 1870 g/mol. The van der Waals surface area contributed by atoms with Gasteiger partial charge in [-0.1, -0.05) is 80.4 Å². The van der Waals surface area contributed by atoms with Crippen LogP contribution in [0.5, 0.6) is 0 Å². The van der Waals surface area contributed by atoms with Crippen LogP contribution in [0.2, 0.25) is 0 Å². The van der Waals surface area contributed by atoms with E-state index in [2.05, 4.69) is 37.9 Å². The Kier molecular flexibility index (Phi) is 65.4. The van der Waals surface area contributed by atoms with Gasteiger partial charge in [0.2, 0.25) is 5.69 Å². The van der Waals surface area contributed by atoms with E-state index in [1.54, 1.807) is 9.36 Å². The SMILES string of the molecule is CCC(COCCOCCOCCOCCOCCn1cc(COCCCCCCCO[C@@H]2OC(CO)[C@@H](O)C(O)C2O)nn1)(COCCOCCOCCOCCOCCn1cc(COCCCCCCCO[C@H]2OC(CO)[C@@H](O)C(O)C2O)nn1)COCCOCCOCCOCCOCC[n+]1cc(COCCCCCCCO[C@@H]2OC(CO)[C@@H](O)C(O)C2O)n[nH]1. The summed E-state index contributed by atoms with van der Waals surface area (Å²) in [7, 11) is 0. The minimum Gasteiger partial charge on any atom is -0.394 e. The van der Waals surface area contributed by atoms with E-state index < -0.39 is 117 Å². The van der Waals surface area contributed by atoms with E-state index >= 15 is 0 Å². The standard InChI is InChI=1S/C84H155N9O36/c1-2-84(63-121-51-48-115-45-42-112-39-36-109-33-30-106-27-18-91-54-66(85-88-91)60-118-21-12-6-3-9-15-24-124-81-78(103)75(100)72(97)69(57-94)127-81,64-122-52-49-116-46-43-113-40-37-110-34-31-107-28-19-92-55-67(86-89-92)61-119-22-13-7-4-10-16-25-125-82-79(104)76(101)73(98)70(58-95)128-82)65-123-53-50-117-47-44-114-41-38-111-35-32-108-29-20-93-56-68(87-90-93)62-120-23-14-8-5-11-17-26-126-83-80(105)77(102)74(99)71(59-96)129-83/h54-56,69-83,94-105H,2-53,57-65H2,1H3/p+1/t69?,70?,71?,72-,73-,74-,75?,76?,77?,78?,79?,80?,81-,82-,83+,84?/m1/s1. The second-order valence-electron chi connectivity index (χ2n) is 31.5. The maximum Gasteiger partial charge on any atom is 0.243 e. The number of aromatic amines is 1. The lowest BCUT2D eigenvalue weighted by Gasteiger charge is -2.39. The summed E-state index contributed by atoms with van der Waals surface area (Å²) in [6, 6.07) is 0. The smallest absolute Gasteiger partial charge is 0.243 e. The molecule has 3 saturated heterocycles. The van der Waals surface area contributed by atoms with Gasteiger partial charge in [0.15, 0.2) is 25.1 Å². The van der Waals surface area contributed by atoms with Crippen LogP contribution in [0.3, 0.4) is 0 Å². The van der Waals surface area contributed by atoms with Crippen LogP contribution in [0.25, 0.3) is 0 Å². The fraction of sp³-hybridized carbons (Fsp3) is 0.929. The van der Waals surface area contributed by atoms with E-state index in [0.717, 1.165) is 120 Å². The van der Waals surface area contributed by atoms with Crippen LogP contribution in [0, 0.1) is 5.41 Å². The normalized spacial score (nSPS) is 23.2. The molecule has 45 heteroatoms. The molecule has 0 bridgehead atoms. The van der Waals surface area contributed by atoms with Crippen molar-refractivity contribution in [3.05, 3.63) is 35.7 Å². The van der Waals surface area contributed by atoms with Gasteiger partial charge in [-0.3, -0.25) is 0 Å². The van der Waals surface area contributed by atoms with Gasteiger partial charge in [0.25, 0.3) is 0 Å². The summed E-state index contributed by atoms with van der Waals surface area (Å²) in [5, 5.41) is 142. The Labute approximate surface area is 757 Å². The molecular formula is C84H156N9O36+. The number of rotatable bonds is 88. The molecule has 0 saturated carbocycles. The molecule has 0 aliphatic carbocycles. The van der Waals surface area contributed by atoms with E-state index in [9.17, 15) is 61.3 Å². The van der Waals surface area contributed by atoms with Crippen LogP contribution in [-0.4, -0.2) is 451 Å². The quantitative estimate of drug-likeness (QED) is 0.0210. The van der Waals surface area contributed by atoms with Gasteiger partial charge in [-0.15, -0.1) is 10.2 Å². The summed E-state index contributed by atoms with van der Waals surface area (Å²) < 4.78 is 143. The van der Waals surface area contributed by atoms with Crippen LogP contribution in [0.15, 0.2) is 18.6 Å². The van der Waals surface area contributed by atoms with Gasteiger partial charge in [-0.05, 0) is 44.9 Å². The van der Waals surface area contributed by atoms with Gasteiger partial charge in [0.05, 0.1) is 257 Å². The lowest BCUT2D eigenvalue weighted by molar-refractivity contribution is -0.754. The van der Waals surface area contributed by atoms with E-state index in [1.165, 1.54) is 0 Å². The van der Waals surface area contributed by atoms with Gasteiger partial charge >= 0.3 is 0 Å². The third-order valence-corrected chi connectivity index (χ3v) is 21.1. The Morgan fingerprint density at radius 1 is 0.310 bits per heavy atom. The lowest BCUT2D eigenvalue weighted by Crippen LogP contribution is -2.59. The van der Waals surface area contributed by atoms with Gasteiger partial charge in [-0.25, -0.2) is 9.36 Å². The van der Waals surface area contributed by atoms with Gasteiger partial charge in [0, 0.05) is 50.2 Å². The first-order valence-electron chi connectivity index (χ1n) is 46.1. The van der Waals surface area contributed by atoms with Crippen molar-refractivity contribution in [3.8, 4) is 0 Å². The number of aromatic nitrogens is 9. The molecule has 10 unspecified atom stereocenters. The number of hydrogen-bond donors (Lipinski definition) is 13. The molecule has 0 aromatic carbocycles. The van der Waals surface area contributed by atoms with Crippen LogP contribution < -0.4 is 4.68 Å². The summed E-state index contributed by atoms with van der Waals surface area (Å²) in [5.41, 5.74) is 1.81.